The number of likely N-dealkylation sites (tertiary alicyclic amines) is 1. The van der Waals surface area contributed by atoms with Gasteiger partial charge in [-0.1, -0.05) is 26.0 Å². The molecule has 0 aromatic heterocycles. The molecule has 0 bridgehead atoms. The molecule has 1 N–H and O–H groups in total. The highest BCUT2D eigenvalue weighted by Gasteiger charge is 2.30. The van der Waals surface area contributed by atoms with Gasteiger partial charge in [0.25, 0.3) is 0 Å². The van der Waals surface area contributed by atoms with E-state index in [2.05, 4.69) is 13.8 Å². The molecule has 0 spiro atoms. The lowest BCUT2D eigenvalue weighted by Gasteiger charge is -2.24. The van der Waals surface area contributed by atoms with Crippen LogP contribution in [0.4, 0.5) is 4.79 Å². The third-order valence-corrected chi connectivity index (χ3v) is 4.21. The van der Waals surface area contributed by atoms with Crippen LogP contribution in [0.25, 0.3) is 0 Å². The lowest BCUT2D eigenvalue weighted by atomic mass is 10.0. The van der Waals surface area contributed by atoms with Crippen molar-refractivity contribution in [3.63, 3.8) is 0 Å². The van der Waals surface area contributed by atoms with Gasteiger partial charge in [-0.15, -0.1) is 0 Å². The molecule has 5 nitrogen and oxygen atoms in total. The van der Waals surface area contributed by atoms with Crippen molar-refractivity contribution in [2.75, 3.05) is 20.1 Å². The molecule has 5 heteroatoms. The minimum atomic E-state index is -0.939. The summed E-state index contributed by atoms with van der Waals surface area (Å²) in [6, 6.07) is 6.67. The van der Waals surface area contributed by atoms with Crippen molar-refractivity contribution in [1.29, 1.82) is 0 Å². The number of carbonyl (C=O) groups excluding carboxylic acids is 1. The zero-order valence-electron chi connectivity index (χ0n) is 12.7. The number of aromatic carboxylic acids is 1. The molecule has 1 aliphatic rings. The Bertz CT molecular complexity index is 517. The highest BCUT2D eigenvalue weighted by Crippen LogP contribution is 2.23. The summed E-state index contributed by atoms with van der Waals surface area (Å²) in [6.45, 7) is 6.44. The molecule has 2 atom stereocenters. The Kier molecular flexibility index (Phi) is 4.50. The third-order valence-electron chi connectivity index (χ3n) is 4.21. The number of amides is 2. The average Bonchev–Trinajstić information content (AvgIpc) is 2.78. The van der Waals surface area contributed by atoms with E-state index in [9.17, 15) is 9.59 Å². The number of carbonyl (C=O) groups is 2. The highest BCUT2D eigenvalue weighted by atomic mass is 16.4. The molecule has 1 aliphatic heterocycles. The fourth-order valence-electron chi connectivity index (χ4n) is 2.62. The molecular formula is C16H22N2O3. The summed E-state index contributed by atoms with van der Waals surface area (Å²) in [5, 5.41) is 8.87. The van der Waals surface area contributed by atoms with E-state index in [-0.39, 0.29) is 11.6 Å². The van der Waals surface area contributed by atoms with Gasteiger partial charge in [0.15, 0.2) is 0 Å². The zero-order chi connectivity index (χ0) is 15.6. The average molecular weight is 290 g/mol. The molecular weight excluding hydrogens is 268 g/mol. The Labute approximate surface area is 125 Å². The first-order chi connectivity index (χ1) is 9.88. The van der Waals surface area contributed by atoms with Crippen molar-refractivity contribution < 1.29 is 14.7 Å². The van der Waals surface area contributed by atoms with E-state index < -0.39 is 5.97 Å². The third kappa shape index (κ3) is 3.54. The molecule has 21 heavy (non-hydrogen) atoms. The number of hydrogen-bond acceptors (Lipinski definition) is 2. The van der Waals surface area contributed by atoms with Gasteiger partial charge in [0, 0.05) is 26.7 Å². The Hall–Kier alpha value is -2.04. The molecule has 2 rings (SSSR count). The van der Waals surface area contributed by atoms with Crippen LogP contribution in [0.5, 0.6) is 0 Å². The van der Waals surface area contributed by atoms with Crippen molar-refractivity contribution >= 4 is 12.0 Å². The first kappa shape index (κ1) is 15.4. The summed E-state index contributed by atoms with van der Waals surface area (Å²) in [7, 11) is 1.78. The second kappa shape index (κ2) is 6.16. The Morgan fingerprint density at radius 2 is 1.71 bits per heavy atom. The topological polar surface area (TPSA) is 60.9 Å². The van der Waals surface area contributed by atoms with Crippen LogP contribution in [0, 0.1) is 11.8 Å². The smallest absolute Gasteiger partial charge is 0.335 e. The number of rotatable bonds is 3. The fourth-order valence-corrected chi connectivity index (χ4v) is 2.62. The second-order valence-corrected chi connectivity index (χ2v) is 6.00. The summed E-state index contributed by atoms with van der Waals surface area (Å²) >= 11 is 0. The largest absolute Gasteiger partial charge is 0.478 e. The molecule has 1 fully saturated rings. The van der Waals surface area contributed by atoms with Gasteiger partial charge in [-0.2, -0.15) is 0 Å². The van der Waals surface area contributed by atoms with E-state index in [1.165, 1.54) is 0 Å². The van der Waals surface area contributed by atoms with Crippen LogP contribution in [-0.4, -0.2) is 47.0 Å². The molecule has 0 saturated carbocycles. The fraction of sp³-hybridized carbons (Fsp3) is 0.500. The molecule has 0 aliphatic carbocycles. The quantitative estimate of drug-likeness (QED) is 0.930. The summed E-state index contributed by atoms with van der Waals surface area (Å²) in [4.78, 5) is 26.8. The maximum atomic E-state index is 12.4. The first-order valence-corrected chi connectivity index (χ1v) is 7.20. The number of hydrogen-bond donors (Lipinski definition) is 1. The molecule has 114 valence electrons. The number of carboxylic acids is 1. The van der Waals surface area contributed by atoms with Crippen LogP contribution in [-0.2, 0) is 6.54 Å². The van der Waals surface area contributed by atoms with Gasteiger partial charge >= 0.3 is 12.0 Å². The van der Waals surface area contributed by atoms with Crippen molar-refractivity contribution in [1.82, 2.24) is 9.80 Å². The second-order valence-electron chi connectivity index (χ2n) is 6.00. The van der Waals surface area contributed by atoms with Crippen molar-refractivity contribution in [3.8, 4) is 0 Å². The van der Waals surface area contributed by atoms with Gasteiger partial charge < -0.3 is 14.9 Å². The standard InChI is InChI=1S/C16H22N2O3/c1-11-8-18(9-12(11)2)16(21)17(3)10-13-4-6-14(7-5-13)15(19)20/h4-7,11-12H,8-10H2,1-3H3,(H,19,20). The van der Waals surface area contributed by atoms with Crippen LogP contribution in [0.3, 0.4) is 0 Å². The van der Waals surface area contributed by atoms with Crippen LogP contribution < -0.4 is 0 Å². The van der Waals surface area contributed by atoms with Gasteiger partial charge in [-0.3, -0.25) is 0 Å². The van der Waals surface area contributed by atoms with Gasteiger partial charge in [-0.05, 0) is 29.5 Å². The SMILES string of the molecule is CC1CN(C(=O)N(C)Cc2ccc(C(=O)O)cc2)CC1C. The Morgan fingerprint density at radius 3 is 2.19 bits per heavy atom. The number of carboxylic acid groups (broad SMARTS) is 1. The molecule has 1 aromatic rings. The molecule has 2 unspecified atom stereocenters. The lowest BCUT2D eigenvalue weighted by molar-refractivity contribution is 0.0697. The summed E-state index contributed by atoms with van der Waals surface area (Å²) in [6.07, 6.45) is 0. The minimum Gasteiger partial charge on any atom is -0.478 e. The van der Waals surface area contributed by atoms with E-state index in [1.807, 2.05) is 4.90 Å². The number of urea groups is 1. The van der Waals surface area contributed by atoms with Gasteiger partial charge in [0.05, 0.1) is 5.56 Å². The molecule has 0 radical (unpaired) electrons. The van der Waals surface area contributed by atoms with Crippen molar-refractivity contribution in [2.45, 2.75) is 20.4 Å². The molecule has 1 saturated heterocycles. The van der Waals surface area contributed by atoms with Crippen LogP contribution in [0.15, 0.2) is 24.3 Å². The predicted molar refractivity (Wildman–Crippen MR) is 80.2 cm³/mol. The normalized spacial score (nSPS) is 21.4. The van der Waals surface area contributed by atoms with Crippen molar-refractivity contribution in [2.24, 2.45) is 11.8 Å². The summed E-state index contributed by atoms with van der Waals surface area (Å²) < 4.78 is 0. The highest BCUT2D eigenvalue weighted by molar-refractivity contribution is 5.87. The monoisotopic (exact) mass is 290 g/mol. The maximum absolute atomic E-state index is 12.4. The maximum Gasteiger partial charge on any atom is 0.335 e. The van der Waals surface area contributed by atoms with Gasteiger partial charge in [0.1, 0.15) is 0 Å². The molecule has 1 heterocycles. The summed E-state index contributed by atoms with van der Waals surface area (Å²) in [5.74, 6) is 0.139. The Morgan fingerprint density at radius 1 is 1.19 bits per heavy atom. The molecule has 1 aromatic carbocycles. The van der Waals surface area contributed by atoms with Gasteiger partial charge in [0.2, 0.25) is 0 Å². The predicted octanol–water partition coefficient (Wildman–Crippen LogP) is 2.52. The van der Waals surface area contributed by atoms with Gasteiger partial charge in [-0.25, -0.2) is 9.59 Å². The van der Waals surface area contributed by atoms with E-state index in [0.29, 0.717) is 18.4 Å². The van der Waals surface area contributed by atoms with Crippen LogP contribution in [0.1, 0.15) is 29.8 Å². The van der Waals surface area contributed by atoms with E-state index in [0.717, 1.165) is 18.7 Å². The lowest BCUT2D eigenvalue weighted by Crippen LogP contribution is -2.39. The summed E-state index contributed by atoms with van der Waals surface area (Å²) in [5.41, 5.74) is 1.19. The van der Waals surface area contributed by atoms with E-state index >= 15 is 0 Å². The number of benzene rings is 1. The molecule has 2 amide bonds. The van der Waals surface area contributed by atoms with E-state index in [1.54, 1.807) is 36.2 Å². The van der Waals surface area contributed by atoms with Crippen molar-refractivity contribution in [3.05, 3.63) is 35.4 Å². The van der Waals surface area contributed by atoms with Crippen LogP contribution >= 0.6 is 0 Å². The zero-order valence-corrected chi connectivity index (χ0v) is 12.7. The first-order valence-electron chi connectivity index (χ1n) is 7.20. The van der Waals surface area contributed by atoms with Crippen LogP contribution in [0.2, 0.25) is 0 Å². The minimum absolute atomic E-state index is 0.0357. The Balaban J connectivity index is 1.96. The number of nitrogens with zero attached hydrogens (tertiary/aromatic N) is 2. The van der Waals surface area contributed by atoms with E-state index in [4.69, 9.17) is 5.11 Å².